The maximum absolute atomic E-state index is 13.5. The quantitative estimate of drug-likeness (QED) is 0.636. The Kier molecular flexibility index (Phi) is 6.51. The van der Waals surface area contributed by atoms with Crippen molar-refractivity contribution in [3.8, 4) is 0 Å². The summed E-state index contributed by atoms with van der Waals surface area (Å²) >= 11 is 0. The molecule has 0 unspecified atom stereocenters. The molecule has 3 heterocycles. The minimum Gasteiger partial charge on any atom is -0.465 e. The molecule has 2 aliphatic rings. The molecule has 0 amide bonds. The predicted octanol–water partition coefficient (Wildman–Crippen LogP) is 1.47. The number of esters is 1. The average Bonchev–Trinajstić information content (AvgIpc) is 2.84. The summed E-state index contributed by atoms with van der Waals surface area (Å²) < 4.78 is 44.3. The molecule has 0 radical (unpaired) electrons. The van der Waals surface area contributed by atoms with Crippen molar-refractivity contribution in [3.05, 3.63) is 53.7 Å². The van der Waals surface area contributed by atoms with Gasteiger partial charge in [-0.25, -0.2) is 18.2 Å². The smallest absolute Gasteiger partial charge is 0.339 e. The Morgan fingerprint density at radius 3 is 2.58 bits per heavy atom. The number of benzene rings is 1. The summed E-state index contributed by atoms with van der Waals surface area (Å²) in [5, 5.41) is 0. The van der Waals surface area contributed by atoms with Crippen LogP contribution in [0.15, 0.2) is 47.5 Å². The van der Waals surface area contributed by atoms with Gasteiger partial charge in [0.15, 0.2) is 0 Å². The molecule has 2 aromatic rings. The molecule has 10 heteroatoms. The number of aromatic nitrogens is 1. The zero-order valence-electron chi connectivity index (χ0n) is 17.3. The van der Waals surface area contributed by atoms with Crippen LogP contribution in [0, 0.1) is 0 Å². The van der Waals surface area contributed by atoms with E-state index in [1.807, 2.05) is 35.2 Å². The van der Waals surface area contributed by atoms with Gasteiger partial charge in [-0.15, -0.1) is 0 Å². The Hall–Kier alpha value is -2.53. The number of hydrogen-bond acceptors (Lipinski definition) is 8. The second-order valence-corrected chi connectivity index (χ2v) is 9.18. The van der Waals surface area contributed by atoms with E-state index in [1.165, 1.54) is 23.7 Å². The highest BCUT2D eigenvalue weighted by Crippen LogP contribution is 2.31. The summed E-state index contributed by atoms with van der Waals surface area (Å²) in [5.41, 5.74) is 1.10. The number of pyridine rings is 1. The van der Waals surface area contributed by atoms with Gasteiger partial charge in [0.25, 0.3) is 0 Å². The minimum atomic E-state index is -3.89. The van der Waals surface area contributed by atoms with Gasteiger partial charge >= 0.3 is 5.97 Å². The average molecular weight is 448 g/mol. The van der Waals surface area contributed by atoms with Gasteiger partial charge in [-0.2, -0.15) is 4.31 Å². The minimum absolute atomic E-state index is 0.00832. The van der Waals surface area contributed by atoms with Gasteiger partial charge in [0.1, 0.15) is 16.8 Å². The number of sulfonamides is 1. The van der Waals surface area contributed by atoms with Gasteiger partial charge in [0, 0.05) is 32.4 Å². The summed E-state index contributed by atoms with van der Waals surface area (Å²) in [6, 6.07) is 11.1. The standard InChI is InChI=1S/C21H25N3O6S/c1-28-21(25)17-13-19(31(26,27)24-8-10-29-11-9-24)20(22-14-17)23-7-12-30-18(15-23)16-5-3-2-4-6-16/h2-6,13-14,18H,7-12,15H2,1H3/t18-/m0/s1. The first kappa shape index (κ1) is 21.7. The summed E-state index contributed by atoms with van der Waals surface area (Å²) in [4.78, 5) is 18.4. The van der Waals surface area contributed by atoms with E-state index in [0.29, 0.717) is 38.7 Å². The Bertz CT molecular complexity index is 1020. The fourth-order valence-corrected chi connectivity index (χ4v) is 5.33. The number of morpholine rings is 2. The number of methoxy groups -OCH3 is 1. The molecule has 0 saturated carbocycles. The van der Waals surface area contributed by atoms with Crippen molar-refractivity contribution in [2.24, 2.45) is 0 Å². The molecule has 2 fully saturated rings. The summed E-state index contributed by atoms with van der Waals surface area (Å²) in [6.07, 6.45) is 1.14. The van der Waals surface area contributed by atoms with Gasteiger partial charge in [-0.1, -0.05) is 30.3 Å². The fourth-order valence-electron chi connectivity index (χ4n) is 3.73. The van der Waals surface area contributed by atoms with Crippen LogP contribution in [-0.4, -0.2) is 76.8 Å². The molecule has 0 N–H and O–H groups in total. The van der Waals surface area contributed by atoms with Crippen LogP contribution in [0.5, 0.6) is 0 Å². The zero-order chi connectivity index (χ0) is 21.8. The summed E-state index contributed by atoms with van der Waals surface area (Å²) in [5.74, 6) is -0.329. The predicted molar refractivity (Wildman–Crippen MR) is 113 cm³/mol. The third-order valence-corrected chi connectivity index (χ3v) is 7.28. The van der Waals surface area contributed by atoms with Crippen LogP contribution in [0.1, 0.15) is 22.0 Å². The van der Waals surface area contributed by atoms with Crippen LogP contribution in [-0.2, 0) is 24.2 Å². The van der Waals surface area contributed by atoms with E-state index in [0.717, 1.165) is 5.56 Å². The summed E-state index contributed by atoms with van der Waals surface area (Å²) in [7, 11) is -2.64. The largest absolute Gasteiger partial charge is 0.465 e. The first-order valence-corrected chi connectivity index (χ1v) is 11.5. The molecule has 2 aliphatic heterocycles. The van der Waals surface area contributed by atoms with Gasteiger partial charge in [0.05, 0.1) is 32.5 Å². The maximum Gasteiger partial charge on any atom is 0.339 e. The molecule has 1 aromatic heterocycles. The number of carbonyl (C=O) groups excluding carboxylic acids is 1. The van der Waals surface area contributed by atoms with E-state index in [4.69, 9.17) is 14.2 Å². The van der Waals surface area contributed by atoms with Crippen molar-refractivity contribution in [1.82, 2.24) is 9.29 Å². The SMILES string of the molecule is COC(=O)c1cnc(N2CCO[C@H](c3ccccc3)C2)c(S(=O)(=O)N2CCOCC2)c1. The Morgan fingerprint density at radius 1 is 1.13 bits per heavy atom. The fraction of sp³-hybridized carbons (Fsp3) is 0.429. The van der Waals surface area contributed by atoms with Crippen molar-refractivity contribution >= 4 is 21.8 Å². The number of ether oxygens (including phenoxy) is 3. The molecule has 0 spiro atoms. The number of nitrogens with zero attached hydrogens (tertiary/aromatic N) is 3. The van der Waals surface area contributed by atoms with Gasteiger partial charge in [0.2, 0.25) is 10.0 Å². The molecule has 166 valence electrons. The molecule has 31 heavy (non-hydrogen) atoms. The zero-order valence-corrected chi connectivity index (χ0v) is 18.1. The van der Waals surface area contributed by atoms with Crippen molar-refractivity contribution in [3.63, 3.8) is 0 Å². The van der Waals surface area contributed by atoms with Gasteiger partial charge < -0.3 is 19.1 Å². The number of hydrogen-bond donors (Lipinski definition) is 0. The van der Waals surface area contributed by atoms with Crippen LogP contribution in [0.2, 0.25) is 0 Å². The number of anilines is 1. The van der Waals surface area contributed by atoms with Crippen LogP contribution < -0.4 is 4.90 Å². The summed E-state index contributed by atoms with van der Waals surface area (Å²) in [6.45, 7) is 2.51. The third kappa shape index (κ3) is 4.57. The van der Waals surface area contributed by atoms with Crippen LogP contribution in [0.25, 0.3) is 0 Å². The molecular weight excluding hydrogens is 422 g/mol. The Morgan fingerprint density at radius 2 is 1.87 bits per heavy atom. The normalized spacial score (nSPS) is 20.4. The van der Waals surface area contributed by atoms with Crippen LogP contribution in [0.3, 0.4) is 0 Å². The Balaban J connectivity index is 1.72. The second-order valence-electron chi connectivity index (χ2n) is 7.27. The van der Waals surface area contributed by atoms with E-state index in [1.54, 1.807) is 0 Å². The third-order valence-electron chi connectivity index (χ3n) is 5.38. The molecule has 2 saturated heterocycles. The van der Waals surface area contributed by atoms with E-state index in [9.17, 15) is 13.2 Å². The molecule has 0 bridgehead atoms. The lowest BCUT2D eigenvalue weighted by Gasteiger charge is -2.35. The Labute approximate surface area is 181 Å². The first-order valence-electron chi connectivity index (χ1n) is 10.1. The van der Waals surface area contributed by atoms with Gasteiger partial charge in [-0.05, 0) is 11.6 Å². The van der Waals surface area contributed by atoms with Crippen molar-refractivity contribution in [1.29, 1.82) is 0 Å². The monoisotopic (exact) mass is 447 g/mol. The van der Waals surface area contributed by atoms with E-state index < -0.39 is 16.0 Å². The lowest BCUT2D eigenvalue weighted by Crippen LogP contribution is -2.43. The van der Waals surface area contributed by atoms with Gasteiger partial charge in [-0.3, -0.25) is 0 Å². The molecule has 9 nitrogen and oxygen atoms in total. The molecule has 0 aliphatic carbocycles. The lowest BCUT2D eigenvalue weighted by molar-refractivity contribution is 0.0393. The molecule has 4 rings (SSSR count). The number of carbonyl (C=O) groups is 1. The highest BCUT2D eigenvalue weighted by atomic mass is 32.2. The van der Waals surface area contributed by atoms with Crippen molar-refractivity contribution in [2.45, 2.75) is 11.0 Å². The molecular formula is C21H25N3O6S. The van der Waals surface area contributed by atoms with Crippen LogP contribution in [0.4, 0.5) is 5.82 Å². The van der Waals surface area contributed by atoms with E-state index in [-0.39, 0.29) is 29.7 Å². The van der Waals surface area contributed by atoms with E-state index in [2.05, 4.69) is 4.98 Å². The topological polar surface area (TPSA) is 98.3 Å². The lowest BCUT2D eigenvalue weighted by atomic mass is 10.1. The van der Waals surface area contributed by atoms with Crippen molar-refractivity contribution < 1.29 is 27.4 Å². The first-order chi connectivity index (χ1) is 15.0. The maximum atomic E-state index is 13.5. The van der Waals surface area contributed by atoms with Crippen LogP contribution >= 0.6 is 0 Å². The van der Waals surface area contributed by atoms with E-state index >= 15 is 0 Å². The second kappa shape index (κ2) is 9.31. The molecule has 1 atom stereocenters. The highest BCUT2D eigenvalue weighted by Gasteiger charge is 2.34. The molecule has 1 aromatic carbocycles. The van der Waals surface area contributed by atoms with Crippen molar-refractivity contribution in [2.75, 3.05) is 58.0 Å². The number of rotatable bonds is 5. The highest BCUT2D eigenvalue weighted by molar-refractivity contribution is 7.89.